The Kier molecular flexibility index (Phi) is 4.29. The molecule has 6 heteroatoms. The second-order valence-electron chi connectivity index (χ2n) is 5.53. The third kappa shape index (κ3) is 3.22. The maximum Gasteiger partial charge on any atom is 0.274 e. The summed E-state index contributed by atoms with van der Waals surface area (Å²) >= 11 is 0. The van der Waals surface area contributed by atoms with Crippen molar-refractivity contribution in [3.05, 3.63) is 41.2 Å². The highest BCUT2D eigenvalue weighted by molar-refractivity contribution is 5.92. The van der Waals surface area contributed by atoms with Crippen molar-refractivity contribution < 1.29 is 18.5 Å². The van der Waals surface area contributed by atoms with Crippen molar-refractivity contribution in [1.82, 2.24) is 10.5 Å². The zero-order valence-electron chi connectivity index (χ0n) is 12.8. The fourth-order valence-electron chi connectivity index (χ4n) is 2.32. The summed E-state index contributed by atoms with van der Waals surface area (Å²) in [7, 11) is 1.59. The standard InChI is InChI=1S/C16H20N2O4/c1-3-11-6-7-14(21-11)13(9-20-2)17-16(19)12-8-15(22-18-12)10-4-5-10/h6-8,10,13H,3-5,9H2,1-2H3,(H,17,19)/t13-/m1/s1. The van der Waals surface area contributed by atoms with Crippen LogP contribution < -0.4 is 5.32 Å². The van der Waals surface area contributed by atoms with Gasteiger partial charge in [-0.15, -0.1) is 0 Å². The number of carbonyl (C=O) groups excluding carboxylic acids is 1. The Morgan fingerprint density at radius 2 is 2.32 bits per heavy atom. The highest BCUT2D eigenvalue weighted by Gasteiger charge is 2.29. The molecule has 1 atom stereocenters. The molecule has 2 aromatic heterocycles. The zero-order valence-corrected chi connectivity index (χ0v) is 12.8. The first-order valence-electron chi connectivity index (χ1n) is 7.56. The van der Waals surface area contributed by atoms with Crippen molar-refractivity contribution in [2.75, 3.05) is 13.7 Å². The molecule has 1 N–H and O–H groups in total. The Balaban J connectivity index is 1.70. The molecule has 1 amide bonds. The SMILES string of the molecule is CCc1ccc([C@@H](COC)NC(=O)c2cc(C3CC3)on2)o1. The number of aromatic nitrogens is 1. The smallest absolute Gasteiger partial charge is 0.274 e. The molecule has 0 radical (unpaired) electrons. The summed E-state index contributed by atoms with van der Waals surface area (Å²) in [5.74, 6) is 2.49. The van der Waals surface area contributed by atoms with Crippen LogP contribution in [-0.4, -0.2) is 24.8 Å². The number of nitrogens with one attached hydrogen (secondary N) is 1. The highest BCUT2D eigenvalue weighted by atomic mass is 16.5. The lowest BCUT2D eigenvalue weighted by Gasteiger charge is -2.14. The average Bonchev–Trinajstić information content (AvgIpc) is 3.06. The Morgan fingerprint density at radius 3 is 2.95 bits per heavy atom. The van der Waals surface area contributed by atoms with E-state index < -0.39 is 0 Å². The molecule has 118 valence electrons. The van der Waals surface area contributed by atoms with E-state index in [0.717, 1.165) is 30.8 Å². The van der Waals surface area contributed by atoms with Crippen molar-refractivity contribution in [2.45, 2.75) is 38.1 Å². The maximum atomic E-state index is 12.3. The van der Waals surface area contributed by atoms with Gasteiger partial charge in [-0.1, -0.05) is 12.1 Å². The molecule has 3 rings (SSSR count). The van der Waals surface area contributed by atoms with Crippen LogP contribution in [0.2, 0.25) is 0 Å². The fraction of sp³-hybridized carbons (Fsp3) is 0.500. The number of methoxy groups -OCH3 is 1. The molecule has 6 nitrogen and oxygen atoms in total. The van der Waals surface area contributed by atoms with Gasteiger partial charge in [0.1, 0.15) is 23.3 Å². The number of carbonyl (C=O) groups is 1. The molecule has 0 aromatic carbocycles. The summed E-state index contributed by atoms with van der Waals surface area (Å²) in [6.45, 7) is 2.34. The fourth-order valence-corrected chi connectivity index (χ4v) is 2.32. The Labute approximate surface area is 128 Å². The number of amides is 1. The van der Waals surface area contributed by atoms with Crippen molar-refractivity contribution in [3.63, 3.8) is 0 Å². The first-order chi connectivity index (χ1) is 10.7. The number of hydrogen-bond donors (Lipinski definition) is 1. The predicted octanol–water partition coefficient (Wildman–Crippen LogP) is 2.82. The predicted molar refractivity (Wildman–Crippen MR) is 78.6 cm³/mol. The molecule has 0 aliphatic heterocycles. The monoisotopic (exact) mass is 304 g/mol. The molecular weight excluding hydrogens is 284 g/mol. The molecule has 1 saturated carbocycles. The van der Waals surface area contributed by atoms with Crippen LogP contribution in [0.1, 0.15) is 59.5 Å². The van der Waals surface area contributed by atoms with Crippen LogP contribution in [0.5, 0.6) is 0 Å². The second kappa shape index (κ2) is 6.36. The van der Waals surface area contributed by atoms with E-state index in [2.05, 4.69) is 10.5 Å². The van der Waals surface area contributed by atoms with Gasteiger partial charge in [-0.2, -0.15) is 0 Å². The van der Waals surface area contributed by atoms with Crippen molar-refractivity contribution in [3.8, 4) is 0 Å². The minimum absolute atomic E-state index is 0.285. The molecule has 1 aliphatic carbocycles. The number of hydrogen-bond acceptors (Lipinski definition) is 5. The number of nitrogens with zero attached hydrogens (tertiary/aromatic N) is 1. The first kappa shape index (κ1) is 14.8. The summed E-state index contributed by atoms with van der Waals surface area (Å²) in [4.78, 5) is 12.3. The van der Waals surface area contributed by atoms with Crippen LogP contribution in [0, 0.1) is 0 Å². The minimum Gasteiger partial charge on any atom is -0.464 e. The third-order valence-electron chi connectivity index (χ3n) is 3.75. The van der Waals surface area contributed by atoms with Gasteiger partial charge in [0.15, 0.2) is 5.69 Å². The van der Waals surface area contributed by atoms with E-state index in [1.165, 1.54) is 0 Å². The van der Waals surface area contributed by atoms with Crippen LogP contribution in [0.3, 0.4) is 0 Å². The van der Waals surface area contributed by atoms with E-state index in [1.807, 2.05) is 19.1 Å². The molecule has 22 heavy (non-hydrogen) atoms. The van der Waals surface area contributed by atoms with Crippen LogP contribution in [0.15, 0.2) is 27.1 Å². The molecule has 0 unspecified atom stereocenters. The van der Waals surface area contributed by atoms with Gasteiger partial charge >= 0.3 is 0 Å². The van der Waals surface area contributed by atoms with E-state index in [-0.39, 0.29) is 11.9 Å². The number of ether oxygens (including phenoxy) is 1. The van der Waals surface area contributed by atoms with Crippen molar-refractivity contribution >= 4 is 5.91 Å². The lowest BCUT2D eigenvalue weighted by Crippen LogP contribution is -2.31. The molecule has 1 fully saturated rings. The quantitative estimate of drug-likeness (QED) is 0.851. The largest absolute Gasteiger partial charge is 0.464 e. The molecule has 0 saturated heterocycles. The van der Waals surface area contributed by atoms with Gasteiger partial charge in [0, 0.05) is 25.5 Å². The van der Waals surface area contributed by atoms with E-state index in [4.69, 9.17) is 13.7 Å². The third-order valence-corrected chi connectivity index (χ3v) is 3.75. The van der Waals surface area contributed by atoms with Crippen LogP contribution in [-0.2, 0) is 11.2 Å². The molecule has 2 heterocycles. The summed E-state index contributed by atoms with van der Waals surface area (Å²) < 4.78 is 16.1. The second-order valence-corrected chi connectivity index (χ2v) is 5.53. The van der Waals surface area contributed by atoms with Gasteiger partial charge < -0.3 is 19.0 Å². The summed E-state index contributed by atoms with van der Waals surface area (Å²) in [6.07, 6.45) is 3.02. The molecular formula is C16H20N2O4. The topological polar surface area (TPSA) is 77.5 Å². The van der Waals surface area contributed by atoms with Crippen LogP contribution in [0.25, 0.3) is 0 Å². The molecule has 0 bridgehead atoms. The highest BCUT2D eigenvalue weighted by Crippen LogP contribution is 2.40. The van der Waals surface area contributed by atoms with Gasteiger partial charge in [0.2, 0.25) is 0 Å². The van der Waals surface area contributed by atoms with Crippen molar-refractivity contribution in [1.29, 1.82) is 0 Å². The van der Waals surface area contributed by atoms with Gasteiger partial charge in [0.25, 0.3) is 5.91 Å². The Bertz CT molecular complexity index is 642. The normalized spacial score (nSPS) is 15.7. The van der Waals surface area contributed by atoms with Gasteiger partial charge in [-0.25, -0.2) is 0 Å². The zero-order chi connectivity index (χ0) is 15.5. The lowest BCUT2D eigenvalue weighted by molar-refractivity contribution is 0.0873. The minimum atomic E-state index is -0.348. The van der Waals surface area contributed by atoms with Gasteiger partial charge in [-0.3, -0.25) is 4.79 Å². The lowest BCUT2D eigenvalue weighted by atomic mass is 10.2. The van der Waals surface area contributed by atoms with Gasteiger partial charge in [-0.05, 0) is 25.0 Å². The average molecular weight is 304 g/mol. The summed E-state index contributed by atoms with van der Waals surface area (Å²) in [5, 5.41) is 6.73. The van der Waals surface area contributed by atoms with E-state index in [9.17, 15) is 4.79 Å². The Hall–Kier alpha value is -2.08. The maximum absolute atomic E-state index is 12.3. The molecule has 0 spiro atoms. The van der Waals surface area contributed by atoms with Gasteiger partial charge in [0.05, 0.1) is 6.61 Å². The van der Waals surface area contributed by atoms with Crippen molar-refractivity contribution in [2.24, 2.45) is 0 Å². The Morgan fingerprint density at radius 1 is 1.50 bits per heavy atom. The number of aryl methyl sites for hydroxylation is 1. The number of furan rings is 1. The summed E-state index contributed by atoms with van der Waals surface area (Å²) in [5.41, 5.74) is 0.297. The molecule has 1 aliphatic rings. The summed E-state index contributed by atoms with van der Waals surface area (Å²) in [6, 6.07) is 5.14. The van der Waals surface area contributed by atoms with E-state index in [0.29, 0.717) is 24.0 Å². The number of rotatable bonds is 7. The first-order valence-corrected chi connectivity index (χ1v) is 7.56. The molecule has 2 aromatic rings. The van der Waals surface area contributed by atoms with Crippen LogP contribution >= 0.6 is 0 Å². The van der Waals surface area contributed by atoms with E-state index in [1.54, 1.807) is 13.2 Å². The van der Waals surface area contributed by atoms with E-state index >= 15 is 0 Å². The van der Waals surface area contributed by atoms with Crippen LogP contribution in [0.4, 0.5) is 0 Å².